The van der Waals surface area contributed by atoms with Crippen LogP contribution in [0.25, 0.3) is 0 Å². The number of urea groups is 1. The number of carbonyl (C=O) groups is 1. The van der Waals surface area contributed by atoms with Crippen LogP contribution in [0.3, 0.4) is 0 Å². The van der Waals surface area contributed by atoms with E-state index in [0.29, 0.717) is 0 Å². The van der Waals surface area contributed by atoms with Crippen molar-refractivity contribution in [2.24, 2.45) is 0 Å². The molecule has 1 N–H and O–H groups in total. The smallest absolute Gasteiger partial charge is 0.321 e. The molecule has 0 atom stereocenters. The van der Waals surface area contributed by atoms with Gasteiger partial charge in [-0.3, -0.25) is 4.90 Å². The maximum absolute atomic E-state index is 12.4. The minimum atomic E-state index is 0.0364. The van der Waals surface area contributed by atoms with Crippen molar-refractivity contribution in [2.75, 3.05) is 31.5 Å². The van der Waals surface area contributed by atoms with Crippen LogP contribution in [0, 0.1) is 13.8 Å². The lowest BCUT2D eigenvalue weighted by molar-refractivity contribution is 0.115. The first-order valence-corrected chi connectivity index (χ1v) is 8.51. The fraction of sp³-hybridized carbons (Fsp3) is 0.611. The number of aryl methyl sites for hydroxylation is 2. The van der Waals surface area contributed by atoms with Crippen LogP contribution < -0.4 is 5.32 Å². The molecule has 0 spiro atoms. The summed E-state index contributed by atoms with van der Waals surface area (Å²) in [7, 11) is 0. The van der Waals surface area contributed by atoms with Gasteiger partial charge in [-0.2, -0.15) is 0 Å². The fourth-order valence-corrected chi connectivity index (χ4v) is 3.58. The molecule has 0 aromatic heterocycles. The molecule has 1 aromatic rings. The number of piperazine rings is 1. The van der Waals surface area contributed by atoms with E-state index in [1.54, 1.807) is 0 Å². The number of amides is 2. The topological polar surface area (TPSA) is 35.6 Å². The van der Waals surface area contributed by atoms with Crippen molar-refractivity contribution in [3.05, 3.63) is 29.3 Å². The summed E-state index contributed by atoms with van der Waals surface area (Å²) in [6.45, 7) is 7.88. The summed E-state index contributed by atoms with van der Waals surface area (Å²) in [5.41, 5.74) is 3.36. The van der Waals surface area contributed by atoms with Crippen molar-refractivity contribution < 1.29 is 4.79 Å². The van der Waals surface area contributed by atoms with E-state index < -0.39 is 0 Å². The maximum atomic E-state index is 12.4. The van der Waals surface area contributed by atoms with Gasteiger partial charge in [0.05, 0.1) is 0 Å². The predicted octanol–water partition coefficient (Wildman–Crippen LogP) is 3.40. The highest BCUT2D eigenvalue weighted by Gasteiger charge is 2.27. The first-order chi connectivity index (χ1) is 10.6. The van der Waals surface area contributed by atoms with Crippen LogP contribution >= 0.6 is 0 Å². The quantitative estimate of drug-likeness (QED) is 0.909. The van der Waals surface area contributed by atoms with Gasteiger partial charge in [0.2, 0.25) is 0 Å². The molecule has 4 heteroatoms. The second kappa shape index (κ2) is 6.69. The molecule has 2 amide bonds. The second-order valence-corrected chi connectivity index (χ2v) is 6.69. The minimum Gasteiger partial charge on any atom is -0.322 e. The van der Waals surface area contributed by atoms with Crippen LogP contribution in [0.4, 0.5) is 10.5 Å². The zero-order valence-electron chi connectivity index (χ0n) is 13.8. The monoisotopic (exact) mass is 301 g/mol. The van der Waals surface area contributed by atoms with Crippen molar-refractivity contribution in [3.8, 4) is 0 Å². The van der Waals surface area contributed by atoms with E-state index in [1.165, 1.54) is 36.8 Å². The number of hydrogen-bond donors (Lipinski definition) is 1. The number of carbonyl (C=O) groups excluding carboxylic acids is 1. The van der Waals surface area contributed by atoms with Gasteiger partial charge in [-0.15, -0.1) is 0 Å². The highest BCUT2D eigenvalue weighted by molar-refractivity contribution is 5.89. The van der Waals surface area contributed by atoms with Gasteiger partial charge in [0.15, 0.2) is 0 Å². The van der Waals surface area contributed by atoms with Crippen molar-refractivity contribution >= 4 is 11.7 Å². The average molecular weight is 301 g/mol. The Kier molecular flexibility index (Phi) is 4.67. The summed E-state index contributed by atoms with van der Waals surface area (Å²) in [6, 6.07) is 6.89. The second-order valence-electron chi connectivity index (χ2n) is 6.69. The van der Waals surface area contributed by atoms with Gasteiger partial charge < -0.3 is 10.2 Å². The number of nitrogens with one attached hydrogen (secondary N) is 1. The van der Waals surface area contributed by atoms with E-state index in [9.17, 15) is 4.79 Å². The van der Waals surface area contributed by atoms with Gasteiger partial charge in [-0.25, -0.2) is 4.79 Å². The lowest BCUT2D eigenvalue weighted by atomic mass is 10.1. The number of benzene rings is 1. The van der Waals surface area contributed by atoms with Gasteiger partial charge >= 0.3 is 6.03 Å². The van der Waals surface area contributed by atoms with E-state index in [2.05, 4.69) is 30.1 Å². The van der Waals surface area contributed by atoms with E-state index in [-0.39, 0.29) is 6.03 Å². The molecule has 1 aliphatic carbocycles. The van der Waals surface area contributed by atoms with Crippen molar-refractivity contribution in [1.29, 1.82) is 0 Å². The van der Waals surface area contributed by atoms with Gasteiger partial charge in [0.25, 0.3) is 0 Å². The third kappa shape index (κ3) is 3.43. The molecular weight excluding hydrogens is 274 g/mol. The zero-order chi connectivity index (χ0) is 15.5. The normalized spacial score (nSPS) is 20.4. The Bertz CT molecular complexity index is 529. The molecule has 1 aromatic carbocycles. The van der Waals surface area contributed by atoms with Crippen LogP contribution in [0.2, 0.25) is 0 Å². The Morgan fingerprint density at radius 2 is 1.73 bits per heavy atom. The van der Waals surface area contributed by atoms with Crippen LogP contribution in [-0.2, 0) is 0 Å². The van der Waals surface area contributed by atoms with Crippen LogP contribution in [0.15, 0.2) is 18.2 Å². The molecule has 1 saturated heterocycles. The van der Waals surface area contributed by atoms with Crippen molar-refractivity contribution in [3.63, 3.8) is 0 Å². The maximum Gasteiger partial charge on any atom is 0.321 e. The Labute approximate surface area is 133 Å². The molecule has 0 radical (unpaired) electrons. The highest BCUT2D eigenvalue weighted by atomic mass is 16.2. The number of hydrogen-bond acceptors (Lipinski definition) is 2. The predicted molar refractivity (Wildman–Crippen MR) is 90.3 cm³/mol. The van der Waals surface area contributed by atoms with Crippen molar-refractivity contribution in [2.45, 2.75) is 45.6 Å². The van der Waals surface area contributed by atoms with E-state index in [4.69, 9.17) is 0 Å². The SMILES string of the molecule is Cc1ccc(NC(=O)N2CCN(C3CCCC3)CC2)cc1C. The standard InChI is InChI=1S/C18H27N3O/c1-14-7-8-16(13-15(14)2)19-18(22)21-11-9-20(10-12-21)17-5-3-4-6-17/h7-8,13,17H,3-6,9-12H2,1-2H3,(H,19,22). The Morgan fingerprint density at radius 1 is 1.05 bits per heavy atom. The summed E-state index contributed by atoms with van der Waals surface area (Å²) >= 11 is 0. The number of nitrogens with zero attached hydrogens (tertiary/aromatic N) is 2. The molecule has 0 unspecified atom stereocenters. The third-order valence-electron chi connectivity index (χ3n) is 5.20. The minimum absolute atomic E-state index is 0.0364. The summed E-state index contributed by atoms with van der Waals surface area (Å²) in [5, 5.41) is 3.03. The Morgan fingerprint density at radius 3 is 2.36 bits per heavy atom. The average Bonchev–Trinajstić information content (AvgIpc) is 3.05. The fourth-order valence-electron chi connectivity index (χ4n) is 3.58. The van der Waals surface area contributed by atoms with E-state index in [1.807, 2.05) is 17.0 Å². The molecule has 2 aliphatic rings. The molecular formula is C18H27N3O. The van der Waals surface area contributed by atoms with Crippen LogP contribution in [0.5, 0.6) is 0 Å². The Balaban J connectivity index is 1.52. The molecule has 1 heterocycles. The van der Waals surface area contributed by atoms with Gasteiger partial charge in [-0.1, -0.05) is 18.9 Å². The molecule has 3 rings (SSSR count). The third-order valence-corrected chi connectivity index (χ3v) is 5.20. The van der Waals surface area contributed by atoms with Crippen molar-refractivity contribution in [1.82, 2.24) is 9.80 Å². The van der Waals surface area contributed by atoms with Gasteiger partial charge in [0, 0.05) is 37.9 Å². The molecule has 2 fully saturated rings. The highest BCUT2D eigenvalue weighted by Crippen LogP contribution is 2.24. The molecule has 4 nitrogen and oxygen atoms in total. The Hall–Kier alpha value is -1.55. The summed E-state index contributed by atoms with van der Waals surface area (Å²) in [6.07, 6.45) is 5.43. The molecule has 120 valence electrons. The lowest BCUT2D eigenvalue weighted by Gasteiger charge is -2.38. The first-order valence-electron chi connectivity index (χ1n) is 8.51. The molecule has 1 saturated carbocycles. The number of anilines is 1. The summed E-state index contributed by atoms with van der Waals surface area (Å²) in [4.78, 5) is 16.9. The largest absolute Gasteiger partial charge is 0.322 e. The van der Waals surface area contributed by atoms with Gasteiger partial charge in [0.1, 0.15) is 0 Å². The lowest BCUT2D eigenvalue weighted by Crippen LogP contribution is -2.52. The van der Waals surface area contributed by atoms with Crippen LogP contribution in [-0.4, -0.2) is 48.1 Å². The van der Waals surface area contributed by atoms with Gasteiger partial charge in [-0.05, 0) is 49.9 Å². The zero-order valence-corrected chi connectivity index (χ0v) is 13.8. The number of rotatable bonds is 2. The molecule has 22 heavy (non-hydrogen) atoms. The molecule has 1 aliphatic heterocycles. The van der Waals surface area contributed by atoms with Crippen LogP contribution in [0.1, 0.15) is 36.8 Å². The summed E-state index contributed by atoms with van der Waals surface area (Å²) in [5.74, 6) is 0. The molecule has 0 bridgehead atoms. The first kappa shape index (κ1) is 15.3. The summed E-state index contributed by atoms with van der Waals surface area (Å²) < 4.78 is 0. The van der Waals surface area contributed by atoms with E-state index in [0.717, 1.165) is 37.9 Å². The van der Waals surface area contributed by atoms with E-state index >= 15 is 0 Å².